The topological polar surface area (TPSA) is 42.2 Å². The van der Waals surface area contributed by atoms with E-state index in [0.717, 1.165) is 26.6 Å². The molecule has 0 atom stereocenters. The maximum Gasteiger partial charge on any atom is 0.204 e. The van der Waals surface area contributed by atoms with Crippen LogP contribution in [0.25, 0.3) is 10.2 Å². The first-order valence-electron chi connectivity index (χ1n) is 7.93. The number of rotatable bonds is 5. The molecule has 0 bridgehead atoms. The van der Waals surface area contributed by atoms with Crippen molar-refractivity contribution >= 4 is 56.1 Å². The number of hydrazone groups is 1. The van der Waals surface area contributed by atoms with Crippen molar-refractivity contribution in [2.75, 3.05) is 5.43 Å². The standard InChI is InChI=1S/C19H14Cl2N4S/c20-15-6-3-7-16(21)14(15)12-25-10-4-5-13(25)11-22-24-19-23-17-8-1-2-9-18(17)26-19/h1-11H,12H2,(H,23,24)/b22-11+. The molecule has 0 saturated heterocycles. The lowest BCUT2D eigenvalue weighted by Gasteiger charge is -2.10. The van der Waals surface area contributed by atoms with Crippen LogP contribution < -0.4 is 5.43 Å². The van der Waals surface area contributed by atoms with Gasteiger partial charge in [0.05, 0.1) is 28.7 Å². The van der Waals surface area contributed by atoms with Crippen molar-refractivity contribution in [1.82, 2.24) is 9.55 Å². The highest BCUT2D eigenvalue weighted by Crippen LogP contribution is 2.26. The van der Waals surface area contributed by atoms with E-state index in [9.17, 15) is 0 Å². The average Bonchev–Trinajstić information content (AvgIpc) is 3.24. The van der Waals surface area contributed by atoms with Gasteiger partial charge in [-0.25, -0.2) is 4.98 Å². The molecule has 26 heavy (non-hydrogen) atoms. The molecule has 0 aliphatic heterocycles. The molecule has 7 heteroatoms. The van der Waals surface area contributed by atoms with Gasteiger partial charge < -0.3 is 4.57 Å². The highest BCUT2D eigenvalue weighted by molar-refractivity contribution is 7.22. The second-order valence-electron chi connectivity index (χ2n) is 5.62. The lowest BCUT2D eigenvalue weighted by Crippen LogP contribution is -2.04. The average molecular weight is 401 g/mol. The van der Waals surface area contributed by atoms with Gasteiger partial charge in [0.15, 0.2) is 0 Å². The molecule has 2 aromatic carbocycles. The Hall–Kier alpha value is -2.34. The van der Waals surface area contributed by atoms with E-state index in [1.165, 1.54) is 0 Å². The molecule has 4 aromatic rings. The Balaban J connectivity index is 1.51. The molecule has 4 rings (SSSR count). The minimum atomic E-state index is 0.577. The van der Waals surface area contributed by atoms with E-state index in [2.05, 4.69) is 15.5 Å². The molecule has 0 spiro atoms. The molecule has 0 saturated carbocycles. The molecule has 0 unspecified atom stereocenters. The van der Waals surface area contributed by atoms with Gasteiger partial charge in [-0.05, 0) is 36.4 Å². The zero-order valence-corrected chi connectivity index (χ0v) is 15.9. The summed E-state index contributed by atoms with van der Waals surface area (Å²) < 4.78 is 3.17. The summed E-state index contributed by atoms with van der Waals surface area (Å²) in [4.78, 5) is 4.50. The van der Waals surface area contributed by atoms with Crippen LogP contribution in [0.5, 0.6) is 0 Å². The van der Waals surface area contributed by atoms with Gasteiger partial charge in [0.2, 0.25) is 5.13 Å². The third-order valence-corrected chi connectivity index (χ3v) is 5.55. The molecule has 2 aromatic heterocycles. The van der Waals surface area contributed by atoms with Gasteiger partial charge in [0, 0.05) is 21.8 Å². The fourth-order valence-electron chi connectivity index (χ4n) is 2.62. The third-order valence-electron chi connectivity index (χ3n) is 3.91. The van der Waals surface area contributed by atoms with Crippen LogP contribution >= 0.6 is 34.5 Å². The maximum atomic E-state index is 6.27. The number of para-hydroxylation sites is 1. The number of nitrogens with zero attached hydrogens (tertiary/aromatic N) is 3. The van der Waals surface area contributed by atoms with Gasteiger partial charge in [-0.15, -0.1) is 0 Å². The predicted molar refractivity (Wildman–Crippen MR) is 111 cm³/mol. The molecule has 0 fully saturated rings. The van der Waals surface area contributed by atoms with Crippen LogP contribution in [-0.4, -0.2) is 15.8 Å². The summed E-state index contributed by atoms with van der Waals surface area (Å²) in [5.41, 5.74) is 5.79. The first-order chi connectivity index (χ1) is 12.7. The first-order valence-corrected chi connectivity index (χ1v) is 9.50. The van der Waals surface area contributed by atoms with Crippen molar-refractivity contribution in [2.24, 2.45) is 5.10 Å². The van der Waals surface area contributed by atoms with Gasteiger partial charge in [0.25, 0.3) is 0 Å². The molecular formula is C19H14Cl2N4S. The molecule has 0 aliphatic carbocycles. The highest BCUT2D eigenvalue weighted by atomic mass is 35.5. The quantitative estimate of drug-likeness (QED) is 0.334. The number of hydrogen-bond acceptors (Lipinski definition) is 4. The number of aromatic nitrogens is 2. The molecular weight excluding hydrogens is 387 g/mol. The number of nitrogens with one attached hydrogen (secondary N) is 1. The summed E-state index contributed by atoms with van der Waals surface area (Å²) in [6.45, 7) is 0.577. The zero-order valence-electron chi connectivity index (χ0n) is 13.6. The lowest BCUT2D eigenvalue weighted by molar-refractivity contribution is 0.800. The van der Waals surface area contributed by atoms with E-state index in [1.54, 1.807) is 17.6 Å². The van der Waals surface area contributed by atoms with Crippen LogP contribution in [0.4, 0.5) is 5.13 Å². The Labute approximate surface area is 164 Å². The predicted octanol–water partition coefficient (Wildman–Crippen LogP) is 5.90. The summed E-state index contributed by atoms with van der Waals surface area (Å²) in [5.74, 6) is 0. The van der Waals surface area contributed by atoms with Crippen molar-refractivity contribution in [1.29, 1.82) is 0 Å². The minimum absolute atomic E-state index is 0.577. The van der Waals surface area contributed by atoms with Gasteiger partial charge in [-0.2, -0.15) is 5.10 Å². The number of benzene rings is 2. The zero-order chi connectivity index (χ0) is 17.9. The van der Waals surface area contributed by atoms with Gasteiger partial charge in [0.1, 0.15) is 0 Å². The Morgan fingerprint density at radius 2 is 1.85 bits per heavy atom. The summed E-state index contributed by atoms with van der Waals surface area (Å²) in [7, 11) is 0. The smallest absolute Gasteiger partial charge is 0.204 e. The van der Waals surface area contributed by atoms with Gasteiger partial charge >= 0.3 is 0 Å². The fraction of sp³-hybridized carbons (Fsp3) is 0.0526. The highest BCUT2D eigenvalue weighted by Gasteiger charge is 2.08. The van der Waals surface area contributed by atoms with Crippen molar-refractivity contribution in [2.45, 2.75) is 6.54 Å². The summed E-state index contributed by atoms with van der Waals surface area (Å²) in [6.07, 6.45) is 3.73. The number of anilines is 1. The molecule has 0 amide bonds. The van der Waals surface area contributed by atoms with Gasteiger partial charge in [-0.1, -0.05) is 52.7 Å². The van der Waals surface area contributed by atoms with Crippen LogP contribution in [0.15, 0.2) is 65.9 Å². The van der Waals surface area contributed by atoms with E-state index in [0.29, 0.717) is 16.6 Å². The number of fused-ring (bicyclic) bond motifs is 1. The lowest BCUT2D eigenvalue weighted by atomic mass is 10.2. The largest absolute Gasteiger partial charge is 0.342 e. The SMILES string of the molecule is Clc1cccc(Cl)c1Cn1cccc1/C=N/Nc1nc2ccccc2s1. The summed E-state index contributed by atoms with van der Waals surface area (Å²) in [5, 5.41) is 6.38. The minimum Gasteiger partial charge on any atom is -0.342 e. The number of hydrogen-bond donors (Lipinski definition) is 1. The molecule has 1 N–H and O–H groups in total. The Morgan fingerprint density at radius 1 is 1.04 bits per heavy atom. The second kappa shape index (κ2) is 7.50. The first kappa shape index (κ1) is 17.1. The van der Waals surface area contributed by atoms with E-state index in [4.69, 9.17) is 23.2 Å². The third kappa shape index (κ3) is 3.60. The van der Waals surface area contributed by atoms with Crippen molar-refractivity contribution in [3.8, 4) is 0 Å². The summed E-state index contributed by atoms with van der Waals surface area (Å²) >= 11 is 14.1. The molecule has 4 nitrogen and oxygen atoms in total. The van der Waals surface area contributed by atoms with Crippen LogP contribution in [-0.2, 0) is 6.54 Å². The molecule has 130 valence electrons. The Bertz CT molecular complexity index is 1030. The van der Waals surface area contributed by atoms with Crippen LogP contribution in [0.1, 0.15) is 11.3 Å². The van der Waals surface area contributed by atoms with Crippen LogP contribution in [0.2, 0.25) is 10.0 Å². The molecule has 0 aliphatic rings. The second-order valence-corrected chi connectivity index (χ2v) is 7.46. The van der Waals surface area contributed by atoms with E-state index in [1.807, 2.05) is 65.4 Å². The van der Waals surface area contributed by atoms with E-state index >= 15 is 0 Å². The normalized spacial score (nSPS) is 11.5. The van der Waals surface area contributed by atoms with Crippen molar-refractivity contribution < 1.29 is 0 Å². The van der Waals surface area contributed by atoms with Crippen LogP contribution in [0.3, 0.4) is 0 Å². The van der Waals surface area contributed by atoms with E-state index in [-0.39, 0.29) is 0 Å². The Kier molecular flexibility index (Phi) is 4.93. The number of thiazole rings is 1. The van der Waals surface area contributed by atoms with Crippen molar-refractivity contribution in [3.05, 3.63) is 82.1 Å². The molecule has 2 heterocycles. The van der Waals surface area contributed by atoms with E-state index < -0.39 is 0 Å². The van der Waals surface area contributed by atoms with Crippen LogP contribution in [0, 0.1) is 0 Å². The van der Waals surface area contributed by atoms with Crippen molar-refractivity contribution in [3.63, 3.8) is 0 Å². The maximum absolute atomic E-state index is 6.27. The summed E-state index contributed by atoms with van der Waals surface area (Å²) in [6, 6.07) is 17.5. The fourth-order valence-corrected chi connectivity index (χ4v) is 3.95. The number of halogens is 2. The Morgan fingerprint density at radius 3 is 2.65 bits per heavy atom. The molecule has 0 radical (unpaired) electrons. The van der Waals surface area contributed by atoms with Gasteiger partial charge in [-0.3, -0.25) is 5.43 Å². The monoisotopic (exact) mass is 400 g/mol.